The molecule has 0 aliphatic carbocycles. The van der Waals surface area contributed by atoms with Gasteiger partial charge in [-0.3, -0.25) is 10.1 Å². The van der Waals surface area contributed by atoms with Crippen LogP contribution < -0.4 is 10.5 Å². The van der Waals surface area contributed by atoms with Crippen LogP contribution in [0.25, 0.3) is 0 Å². The number of benzene rings is 1. The summed E-state index contributed by atoms with van der Waals surface area (Å²) in [6.07, 6.45) is 0. The molecule has 0 saturated heterocycles. The normalized spacial score (nSPS) is 11.6. The van der Waals surface area contributed by atoms with Crippen LogP contribution in [0.4, 0.5) is 5.69 Å². The molecule has 0 aliphatic rings. The molecule has 0 heterocycles. The van der Waals surface area contributed by atoms with Crippen molar-refractivity contribution in [1.82, 2.24) is 0 Å². The van der Waals surface area contributed by atoms with Gasteiger partial charge in [-0.15, -0.1) is 0 Å². The summed E-state index contributed by atoms with van der Waals surface area (Å²) in [6, 6.07) is 5.38. The second kappa shape index (κ2) is 5.09. The van der Waals surface area contributed by atoms with Crippen LogP contribution in [-0.2, 0) is 0 Å². The Bertz CT molecular complexity index is 439. The zero-order valence-electron chi connectivity index (χ0n) is 8.71. The third kappa shape index (κ3) is 2.93. The van der Waals surface area contributed by atoms with E-state index in [0.717, 1.165) is 0 Å². The number of ether oxygens (including phenoxy) is 1. The van der Waals surface area contributed by atoms with Gasteiger partial charge in [0.2, 0.25) is 0 Å². The smallest absolute Gasteiger partial charge is 0.269 e. The molecule has 16 heavy (non-hydrogen) atoms. The monoisotopic (exact) mass is 221 g/mol. The van der Waals surface area contributed by atoms with Gasteiger partial charge >= 0.3 is 0 Å². The number of nitrogens with zero attached hydrogens (tertiary/aromatic N) is 2. The van der Waals surface area contributed by atoms with E-state index in [1.165, 1.54) is 18.2 Å². The molecule has 1 rings (SSSR count). The average molecular weight is 221 g/mol. The minimum absolute atomic E-state index is 0.00873. The zero-order valence-corrected chi connectivity index (χ0v) is 8.71. The molecule has 0 fully saturated rings. The molecule has 6 nitrogen and oxygen atoms in total. The van der Waals surface area contributed by atoms with Gasteiger partial charge in [-0.1, -0.05) is 0 Å². The van der Waals surface area contributed by atoms with Crippen molar-refractivity contribution in [3.05, 3.63) is 33.9 Å². The van der Waals surface area contributed by atoms with Gasteiger partial charge < -0.3 is 10.5 Å². The molecule has 1 aromatic rings. The third-order valence-corrected chi connectivity index (χ3v) is 1.95. The van der Waals surface area contributed by atoms with E-state index < -0.39 is 11.0 Å². The molecule has 0 bridgehead atoms. The summed E-state index contributed by atoms with van der Waals surface area (Å²) in [6.45, 7) is 1.76. The quantitative estimate of drug-likeness (QED) is 0.606. The van der Waals surface area contributed by atoms with E-state index in [9.17, 15) is 10.1 Å². The van der Waals surface area contributed by atoms with Gasteiger partial charge in [0.1, 0.15) is 18.4 Å². The van der Waals surface area contributed by atoms with Gasteiger partial charge in [0.05, 0.1) is 11.0 Å². The molecule has 0 aliphatic heterocycles. The van der Waals surface area contributed by atoms with Crippen molar-refractivity contribution in [2.24, 2.45) is 5.73 Å². The number of hydrogen-bond donors (Lipinski definition) is 1. The lowest BCUT2D eigenvalue weighted by atomic mass is 10.2. The van der Waals surface area contributed by atoms with Crippen molar-refractivity contribution < 1.29 is 9.66 Å². The fourth-order valence-corrected chi connectivity index (χ4v) is 1.13. The standard InChI is InChI=1S/C10H11N3O3/c1-7-4-9(13(14)15)2-3-10(7)16-6-8(12)5-11/h2-4,8H,6,12H2,1H3. The van der Waals surface area contributed by atoms with E-state index in [1.54, 1.807) is 6.92 Å². The Kier molecular flexibility index (Phi) is 3.80. The Morgan fingerprint density at radius 1 is 1.69 bits per heavy atom. The minimum Gasteiger partial charge on any atom is -0.491 e. The fraction of sp³-hybridized carbons (Fsp3) is 0.300. The highest BCUT2D eigenvalue weighted by Crippen LogP contribution is 2.23. The zero-order chi connectivity index (χ0) is 12.1. The Hall–Kier alpha value is -2.13. The summed E-state index contributed by atoms with van der Waals surface area (Å²) in [5.74, 6) is 0.497. The predicted molar refractivity (Wildman–Crippen MR) is 56.9 cm³/mol. The SMILES string of the molecule is Cc1cc([N+](=O)[O-])ccc1OCC(N)C#N. The summed E-state index contributed by atoms with van der Waals surface area (Å²) >= 11 is 0. The number of nitro groups is 1. The highest BCUT2D eigenvalue weighted by molar-refractivity contribution is 5.42. The number of non-ortho nitro benzene ring substituents is 1. The Morgan fingerprint density at radius 2 is 2.38 bits per heavy atom. The maximum atomic E-state index is 10.5. The number of aryl methyl sites for hydroxylation is 1. The molecule has 0 saturated carbocycles. The van der Waals surface area contributed by atoms with Crippen LogP contribution in [-0.4, -0.2) is 17.6 Å². The molecule has 0 amide bonds. The van der Waals surface area contributed by atoms with Crippen molar-refractivity contribution in [3.8, 4) is 11.8 Å². The average Bonchev–Trinajstić information content (AvgIpc) is 2.26. The van der Waals surface area contributed by atoms with Crippen LogP contribution in [0.3, 0.4) is 0 Å². The first kappa shape index (κ1) is 11.9. The number of nitrogens with two attached hydrogens (primary N) is 1. The van der Waals surface area contributed by atoms with E-state index in [0.29, 0.717) is 11.3 Å². The predicted octanol–water partition coefficient (Wildman–Crippen LogP) is 1.13. The lowest BCUT2D eigenvalue weighted by Crippen LogP contribution is -2.25. The molecule has 0 aromatic heterocycles. The second-order valence-electron chi connectivity index (χ2n) is 3.25. The summed E-state index contributed by atoms with van der Waals surface area (Å²) in [5.41, 5.74) is 6.00. The Balaban J connectivity index is 2.76. The fourth-order valence-electron chi connectivity index (χ4n) is 1.13. The molecule has 6 heteroatoms. The molecular weight excluding hydrogens is 210 g/mol. The highest BCUT2D eigenvalue weighted by Gasteiger charge is 2.09. The van der Waals surface area contributed by atoms with E-state index in [2.05, 4.69) is 0 Å². The summed E-state index contributed by atoms with van der Waals surface area (Å²) < 4.78 is 5.25. The summed E-state index contributed by atoms with van der Waals surface area (Å²) in [7, 11) is 0. The van der Waals surface area contributed by atoms with Crippen LogP contribution in [0.1, 0.15) is 5.56 Å². The Morgan fingerprint density at radius 3 is 2.88 bits per heavy atom. The van der Waals surface area contributed by atoms with Gasteiger partial charge in [-0.2, -0.15) is 5.26 Å². The Labute approximate surface area is 92.4 Å². The molecule has 1 aromatic carbocycles. The van der Waals surface area contributed by atoms with E-state index in [1.807, 2.05) is 6.07 Å². The van der Waals surface area contributed by atoms with E-state index in [-0.39, 0.29) is 12.3 Å². The van der Waals surface area contributed by atoms with Gasteiger partial charge in [0.15, 0.2) is 0 Å². The van der Waals surface area contributed by atoms with Crippen molar-refractivity contribution in [3.63, 3.8) is 0 Å². The number of nitriles is 1. The minimum atomic E-state index is -0.699. The van der Waals surface area contributed by atoms with Crippen molar-refractivity contribution in [2.75, 3.05) is 6.61 Å². The highest BCUT2D eigenvalue weighted by atomic mass is 16.6. The molecule has 2 N–H and O–H groups in total. The van der Waals surface area contributed by atoms with Gasteiger partial charge in [0, 0.05) is 12.1 Å². The van der Waals surface area contributed by atoms with E-state index in [4.69, 9.17) is 15.7 Å². The van der Waals surface area contributed by atoms with Crippen molar-refractivity contribution >= 4 is 5.69 Å². The van der Waals surface area contributed by atoms with Gasteiger partial charge in [-0.25, -0.2) is 0 Å². The summed E-state index contributed by atoms with van der Waals surface area (Å²) in [4.78, 5) is 10.0. The molecular formula is C10H11N3O3. The lowest BCUT2D eigenvalue weighted by Gasteiger charge is -2.09. The third-order valence-electron chi connectivity index (χ3n) is 1.95. The topological polar surface area (TPSA) is 102 Å². The first-order valence-electron chi connectivity index (χ1n) is 4.57. The van der Waals surface area contributed by atoms with Crippen molar-refractivity contribution in [1.29, 1.82) is 5.26 Å². The van der Waals surface area contributed by atoms with Crippen LogP contribution in [0.15, 0.2) is 18.2 Å². The number of rotatable bonds is 4. The van der Waals surface area contributed by atoms with E-state index >= 15 is 0 Å². The molecule has 84 valence electrons. The first-order valence-corrected chi connectivity index (χ1v) is 4.57. The van der Waals surface area contributed by atoms with Gasteiger partial charge in [0.25, 0.3) is 5.69 Å². The first-order chi connectivity index (χ1) is 7.54. The van der Waals surface area contributed by atoms with Crippen molar-refractivity contribution in [2.45, 2.75) is 13.0 Å². The maximum Gasteiger partial charge on any atom is 0.269 e. The van der Waals surface area contributed by atoms with Crippen LogP contribution in [0.5, 0.6) is 5.75 Å². The lowest BCUT2D eigenvalue weighted by molar-refractivity contribution is -0.384. The second-order valence-corrected chi connectivity index (χ2v) is 3.25. The van der Waals surface area contributed by atoms with Crippen LogP contribution in [0.2, 0.25) is 0 Å². The summed E-state index contributed by atoms with van der Waals surface area (Å²) in [5, 5.41) is 18.9. The van der Waals surface area contributed by atoms with Gasteiger partial charge in [-0.05, 0) is 18.6 Å². The maximum absolute atomic E-state index is 10.5. The molecule has 1 unspecified atom stereocenters. The molecule has 0 spiro atoms. The number of nitro benzene ring substituents is 1. The van der Waals surface area contributed by atoms with Crippen LogP contribution in [0, 0.1) is 28.4 Å². The molecule has 1 atom stereocenters. The largest absolute Gasteiger partial charge is 0.491 e. The van der Waals surface area contributed by atoms with Crippen LogP contribution >= 0.6 is 0 Å². The molecule has 0 radical (unpaired) electrons. The number of hydrogen-bond acceptors (Lipinski definition) is 5.